The monoisotopic (exact) mass is 447 g/mol. The van der Waals surface area contributed by atoms with Crippen molar-refractivity contribution in [1.82, 2.24) is 4.90 Å². The Morgan fingerprint density at radius 3 is 2.67 bits per heavy atom. The van der Waals surface area contributed by atoms with E-state index in [1.54, 1.807) is 31.2 Å². The number of esters is 1. The highest BCUT2D eigenvalue weighted by atomic mass is 16.5. The third kappa shape index (κ3) is 3.17. The normalized spacial score (nSPS) is 25.6. The number of ether oxygens (including phenoxy) is 1. The van der Waals surface area contributed by atoms with E-state index in [1.165, 1.54) is 0 Å². The summed E-state index contributed by atoms with van der Waals surface area (Å²) < 4.78 is 5.02. The van der Waals surface area contributed by atoms with Crippen LogP contribution in [0.3, 0.4) is 0 Å². The number of benzene rings is 2. The number of amides is 2. The van der Waals surface area contributed by atoms with Gasteiger partial charge in [-0.15, -0.1) is 0 Å². The smallest absolute Gasteiger partial charge is 0.338 e. The molecule has 0 bridgehead atoms. The second kappa shape index (κ2) is 7.99. The molecular formula is C26H29N3O4. The van der Waals surface area contributed by atoms with E-state index in [9.17, 15) is 14.4 Å². The molecule has 7 nitrogen and oxygen atoms in total. The number of nitrogens with one attached hydrogen (secondary N) is 2. The van der Waals surface area contributed by atoms with Crippen LogP contribution >= 0.6 is 0 Å². The zero-order valence-corrected chi connectivity index (χ0v) is 19.2. The van der Waals surface area contributed by atoms with E-state index in [4.69, 9.17) is 4.74 Å². The summed E-state index contributed by atoms with van der Waals surface area (Å²) in [6.07, 6.45) is 2.67. The van der Waals surface area contributed by atoms with Gasteiger partial charge in [0.15, 0.2) is 0 Å². The number of anilines is 2. The summed E-state index contributed by atoms with van der Waals surface area (Å²) >= 11 is 0. The van der Waals surface area contributed by atoms with Crippen LogP contribution < -0.4 is 10.6 Å². The molecule has 1 spiro atoms. The molecule has 0 aliphatic carbocycles. The van der Waals surface area contributed by atoms with Crippen LogP contribution in [-0.4, -0.2) is 41.9 Å². The Labute approximate surface area is 193 Å². The van der Waals surface area contributed by atoms with Crippen LogP contribution in [0.4, 0.5) is 11.4 Å². The number of aryl methyl sites for hydroxylation is 1. The molecule has 2 aromatic carbocycles. The van der Waals surface area contributed by atoms with Crippen molar-refractivity contribution in [2.24, 2.45) is 5.92 Å². The lowest BCUT2D eigenvalue weighted by molar-refractivity contribution is -0.135. The summed E-state index contributed by atoms with van der Waals surface area (Å²) in [6.45, 7) is 6.92. The SMILES string of the molecule is CCOC(=O)c1ccc(NC(=O)[C@H]2C[C@@H]3CCCN3[C@]23C(=O)Nc2c3ccc(C)c2C)cc1. The minimum Gasteiger partial charge on any atom is -0.462 e. The van der Waals surface area contributed by atoms with Gasteiger partial charge in [0.1, 0.15) is 5.54 Å². The van der Waals surface area contributed by atoms with E-state index >= 15 is 0 Å². The maximum Gasteiger partial charge on any atom is 0.338 e. The highest BCUT2D eigenvalue weighted by Gasteiger charge is 2.65. The van der Waals surface area contributed by atoms with Crippen LogP contribution in [0.1, 0.15) is 53.2 Å². The zero-order chi connectivity index (χ0) is 23.3. The van der Waals surface area contributed by atoms with Crippen LogP contribution in [0.25, 0.3) is 0 Å². The molecule has 2 aromatic rings. The Kier molecular flexibility index (Phi) is 5.24. The number of hydrogen-bond donors (Lipinski definition) is 2. The van der Waals surface area contributed by atoms with Gasteiger partial charge in [-0.1, -0.05) is 12.1 Å². The van der Waals surface area contributed by atoms with Gasteiger partial charge in [-0.2, -0.15) is 0 Å². The molecule has 2 N–H and O–H groups in total. The van der Waals surface area contributed by atoms with Gasteiger partial charge in [-0.05, 0) is 82.0 Å². The molecule has 2 saturated heterocycles. The average molecular weight is 448 g/mol. The zero-order valence-electron chi connectivity index (χ0n) is 19.2. The van der Waals surface area contributed by atoms with Crippen molar-refractivity contribution in [3.63, 3.8) is 0 Å². The van der Waals surface area contributed by atoms with Gasteiger partial charge in [-0.25, -0.2) is 4.79 Å². The Morgan fingerprint density at radius 2 is 1.94 bits per heavy atom. The summed E-state index contributed by atoms with van der Waals surface area (Å²) in [4.78, 5) is 41.4. The van der Waals surface area contributed by atoms with Crippen molar-refractivity contribution in [2.75, 3.05) is 23.8 Å². The van der Waals surface area contributed by atoms with Crippen LogP contribution in [0.2, 0.25) is 0 Å². The van der Waals surface area contributed by atoms with E-state index < -0.39 is 17.4 Å². The molecule has 5 rings (SSSR count). The standard InChI is InChI=1S/C26H29N3O4/c1-4-33-24(31)17-8-10-18(11-9-17)27-23(30)21-14-19-6-5-13-29(19)26(21)20-12-7-15(2)16(3)22(20)28-25(26)32/h7-12,19,21H,4-6,13-14H2,1-3H3,(H,27,30)(H,28,32)/t19-,21+,26-/m0/s1. The van der Waals surface area contributed by atoms with Gasteiger partial charge in [0, 0.05) is 23.0 Å². The lowest BCUT2D eigenvalue weighted by atomic mass is 9.77. The molecule has 3 aliphatic rings. The first-order valence-corrected chi connectivity index (χ1v) is 11.6. The maximum absolute atomic E-state index is 13.6. The fourth-order valence-electron chi connectivity index (χ4n) is 5.87. The van der Waals surface area contributed by atoms with E-state index in [0.717, 1.165) is 41.8 Å². The molecule has 3 atom stereocenters. The molecule has 3 heterocycles. The molecule has 172 valence electrons. The highest BCUT2D eigenvalue weighted by molar-refractivity contribution is 6.11. The second-order valence-electron chi connectivity index (χ2n) is 9.22. The predicted molar refractivity (Wildman–Crippen MR) is 125 cm³/mol. The maximum atomic E-state index is 13.6. The highest BCUT2D eigenvalue weighted by Crippen LogP contribution is 2.56. The summed E-state index contributed by atoms with van der Waals surface area (Å²) in [5, 5.41) is 6.12. The van der Waals surface area contributed by atoms with Gasteiger partial charge in [0.2, 0.25) is 11.8 Å². The van der Waals surface area contributed by atoms with Crippen molar-refractivity contribution in [3.05, 3.63) is 58.7 Å². The molecule has 0 unspecified atom stereocenters. The summed E-state index contributed by atoms with van der Waals surface area (Å²) in [5.41, 5.74) is 3.97. The minimum absolute atomic E-state index is 0.103. The van der Waals surface area contributed by atoms with Gasteiger partial charge >= 0.3 is 5.97 Å². The molecule has 2 amide bonds. The van der Waals surface area contributed by atoms with Crippen LogP contribution in [0.5, 0.6) is 0 Å². The van der Waals surface area contributed by atoms with Crippen molar-refractivity contribution >= 4 is 29.2 Å². The molecular weight excluding hydrogens is 418 g/mol. The fraction of sp³-hybridized carbons (Fsp3) is 0.423. The minimum atomic E-state index is -0.982. The van der Waals surface area contributed by atoms with E-state index in [-0.39, 0.29) is 17.9 Å². The Balaban J connectivity index is 1.48. The van der Waals surface area contributed by atoms with Gasteiger partial charge in [0.05, 0.1) is 18.1 Å². The van der Waals surface area contributed by atoms with Crippen molar-refractivity contribution < 1.29 is 19.1 Å². The molecule has 0 saturated carbocycles. The van der Waals surface area contributed by atoms with Gasteiger partial charge in [0.25, 0.3) is 0 Å². The average Bonchev–Trinajstić information content (AvgIpc) is 3.46. The number of rotatable bonds is 4. The van der Waals surface area contributed by atoms with Crippen LogP contribution in [-0.2, 0) is 19.9 Å². The number of fused-ring (bicyclic) bond motifs is 4. The molecule has 7 heteroatoms. The van der Waals surface area contributed by atoms with Crippen molar-refractivity contribution in [1.29, 1.82) is 0 Å². The first-order valence-electron chi connectivity index (χ1n) is 11.6. The Hall–Kier alpha value is -3.19. The summed E-state index contributed by atoms with van der Waals surface area (Å²) in [5.74, 6) is -1.17. The van der Waals surface area contributed by atoms with Gasteiger partial charge in [-0.3, -0.25) is 14.5 Å². The third-order valence-corrected chi connectivity index (χ3v) is 7.55. The van der Waals surface area contributed by atoms with Crippen molar-refractivity contribution in [3.8, 4) is 0 Å². The largest absolute Gasteiger partial charge is 0.462 e. The summed E-state index contributed by atoms with van der Waals surface area (Å²) in [6, 6.07) is 10.9. The van der Waals surface area contributed by atoms with Crippen LogP contribution in [0.15, 0.2) is 36.4 Å². The lowest BCUT2D eigenvalue weighted by Gasteiger charge is -2.36. The lowest BCUT2D eigenvalue weighted by Crippen LogP contribution is -2.53. The van der Waals surface area contributed by atoms with E-state index in [0.29, 0.717) is 24.3 Å². The molecule has 0 radical (unpaired) electrons. The Bertz CT molecular complexity index is 1140. The van der Waals surface area contributed by atoms with Gasteiger partial charge < -0.3 is 15.4 Å². The topological polar surface area (TPSA) is 87.7 Å². The third-order valence-electron chi connectivity index (χ3n) is 7.55. The summed E-state index contributed by atoms with van der Waals surface area (Å²) in [7, 11) is 0. The van der Waals surface area contributed by atoms with Crippen molar-refractivity contribution in [2.45, 2.75) is 51.6 Å². The van der Waals surface area contributed by atoms with E-state index in [2.05, 4.69) is 15.5 Å². The van der Waals surface area contributed by atoms with Crippen LogP contribution in [0, 0.1) is 19.8 Å². The molecule has 3 aliphatic heterocycles. The fourth-order valence-corrected chi connectivity index (χ4v) is 5.87. The molecule has 0 aromatic heterocycles. The molecule has 2 fully saturated rings. The van der Waals surface area contributed by atoms with E-state index in [1.807, 2.05) is 26.0 Å². The first kappa shape index (κ1) is 21.6. The Morgan fingerprint density at radius 1 is 1.18 bits per heavy atom. The quantitative estimate of drug-likeness (QED) is 0.697. The number of carbonyl (C=O) groups excluding carboxylic acids is 3. The second-order valence-corrected chi connectivity index (χ2v) is 9.22. The number of hydrogen-bond acceptors (Lipinski definition) is 5. The number of nitrogens with zero attached hydrogens (tertiary/aromatic N) is 1. The first-order chi connectivity index (χ1) is 15.9. The number of carbonyl (C=O) groups is 3. The predicted octanol–water partition coefficient (Wildman–Crippen LogP) is 3.75. The molecule has 33 heavy (non-hydrogen) atoms.